The molecule has 0 saturated carbocycles. The molecule has 4 aromatic carbocycles. The molecule has 2 atom stereocenters. The van der Waals surface area contributed by atoms with Crippen LogP contribution < -0.4 is 14.3 Å². The fourth-order valence-electron chi connectivity index (χ4n) is 3.91. The zero-order valence-corrected chi connectivity index (χ0v) is 25.8. The van der Waals surface area contributed by atoms with Crippen molar-refractivity contribution in [3.63, 3.8) is 0 Å². The number of hydrogen-bond acceptors (Lipinski definition) is 4. The van der Waals surface area contributed by atoms with Gasteiger partial charge in [0.2, 0.25) is 10.0 Å². The van der Waals surface area contributed by atoms with E-state index >= 15 is 0 Å². The molecule has 0 amide bonds. The number of sulfonamides is 1. The number of aryl methyl sites for hydroxylation is 1. The maximum absolute atomic E-state index is 13.0. The van der Waals surface area contributed by atoms with Crippen molar-refractivity contribution in [2.75, 3.05) is 7.11 Å². The van der Waals surface area contributed by atoms with E-state index in [-0.39, 0.29) is 24.4 Å². The minimum absolute atomic E-state index is 0. The van der Waals surface area contributed by atoms with Crippen LogP contribution in [-0.4, -0.2) is 15.5 Å². The third-order valence-corrected chi connectivity index (χ3v) is 7.86. The van der Waals surface area contributed by atoms with Crippen LogP contribution in [0.5, 0.6) is 5.75 Å². The molecule has 8 heteroatoms. The first kappa shape index (κ1) is 32.7. The Morgan fingerprint density at radius 1 is 0.692 bits per heavy atom. The third-order valence-electron chi connectivity index (χ3n) is 6.16. The van der Waals surface area contributed by atoms with Gasteiger partial charge in [0.05, 0.1) is 24.1 Å². The van der Waals surface area contributed by atoms with E-state index in [9.17, 15) is 8.42 Å². The first-order chi connectivity index (χ1) is 18.2. The van der Waals surface area contributed by atoms with Gasteiger partial charge in [0.1, 0.15) is 5.75 Å². The smallest absolute Gasteiger partial charge is 0.241 e. The van der Waals surface area contributed by atoms with E-state index in [0.29, 0.717) is 11.7 Å². The van der Waals surface area contributed by atoms with E-state index in [1.54, 1.807) is 12.1 Å². The standard InChI is InChI=1S/C21H21ClN2O3S.C10H14.Ru/c1-27-18-12-14-19(15-13-18)28(25,26)24-21(17-10-6-3-7-11-17)20(23-22)16-8-4-2-5-9-16;1-8(2)10-6-4-9(3)5-7-10;/h2-15,20-21,23-24H,1H3;4-8H,1-3H3;/t20-,21-;;/m0../s1. The molecular formula is C31H35ClN2O3RuS. The summed E-state index contributed by atoms with van der Waals surface area (Å²) in [4.78, 5) is 2.88. The summed E-state index contributed by atoms with van der Waals surface area (Å²) in [6, 6.07) is 32.7. The normalized spacial score (nSPS) is 12.5. The first-order valence-electron chi connectivity index (χ1n) is 12.4. The van der Waals surface area contributed by atoms with Crippen molar-refractivity contribution in [3.05, 3.63) is 131 Å². The summed E-state index contributed by atoms with van der Waals surface area (Å²) in [5.74, 6) is 1.24. The Hall–Kier alpha value is -2.54. The SMILES string of the molecule is COc1ccc(S(=O)(=O)N[C@@H](c2ccccc2)[C@@H](NCl)c2ccccc2)cc1.Cc1ccc(C(C)C)cc1.[Ru]. The molecule has 0 saturated heterocycles. The quantitative estimate of drug-likeness (QED) is 0.147. The predicted molar refractivity (Wildman–Crippen MR) is 156 cm³/mol. The van der Waals surface area contributed by atoms with Crippen LogP contribution in [0.3, 0.4) is 0 Å². The van der Waals surface area contributed by atoms with Crippen molar-refractivity contribution >= 4 is 21.8 Å². The van der Waals surface area contributed by atoms with Crippen LogP contribution in [0.15, 0.2) is 114 Å². The van der Waals surface area contributed by atoms with Gasteiger partial charge in [-0.05, 0) is 65.6 Å². The molecule has 0 unspecified atom stereocenters. The molecule has 4 rings (SSSR count). The summed E-state index contributed by atoms with van der Waals surface area (Å²) in [6.45, 7) is 6.54. The second kappa shape index (κ2) is 15.9. The number of ether oxygens (including phenoxy) is 1. The van der Waals surface area contributed by atoms with Crippen LogP contribution in [0.2, 0.25) is 0 Å². The average Bonchev–Trinajstić information content (AvgIpc) is 2.94. The Morgan fingerprint density at radius 2 is 1.18 bits per heavy atom. The summed E-state index contributed by atoms with van der Waals surface area (Å²) in [6.07, 6.45) is 0. The second-order valence-corrected chi connectivity index (χ2v) is 11.2. The number of rotatable bonds is 9. The monoisotopic (exact) mass is 652 g/mol. The minimum atomic E-state index is -3.80. The molecule has 5 nitrogen and oxygen atoms in total. The number of halogens is 1. The Morgan fingerprint density at radius 3 is 1.62 bits per heavy atom. The molecule has 0 aliphatic carbocycles. The van der Waals surface area contributed by atoms with Gasteiger partial charge in [-0.2, -0.15) is 0 Å². The molecular weight excluding hydrogens is 617 g/mol. The van der Waals surface area contributed by atoms with E-state index < -0.39 is 22.1 Å². The molecule has 0 aliphatic rings. The molecule has 0 aliphatic heterocycles. The molecule has 0 spiro atoms. The topological polar surface area (TPSA) is 67.4 Å². The van der Waals surface area contributed by atoms with Gasteiger partial charge in [-0.3, -0.25) is 0 Å². The second-order valence-electron chi connectivity index (χ2n) is 9.25. The molecule has 208 valence electrons. The van der Waals surface area contributed by atoms with Crippen molar-refractivity contribution < 1.29 is 32.6 Å². The Labute approximate surface area is 250 Å². The van der Waals surface area contributed by atoms with Crippen molar-refractivity contribution in [3.8, 4) is 5.75 Å². The summed E-state index contributed by atoms with van der Waals surface area (Å²) >= 11 is 6.06. The van der Waals surface area contributed by atoms with Crippen molar-refractivity contribution in [2.24, 2.45) is 0 Å². The van der Waals surface area contributed by atoms with Crippen molar-refractivity contribution in [2.45, 2.75) is 43.7 Å². The van der Waals surface area contributed by atoms with E-state index in [4.69, 9.17) is 16.5 Å². The van der Waals surface area contributed by atoms with E-state index in [1.807, 2.05) is 60.7 Å². The zero-order valence-electron chi connectivity index (χ0n) is 22.5. The number of hydrogen-bond donors (Lipinski definition) is 2. The van der Waals surface area contributed by atoms with Gasteiger partial charge < -0.3 is 4.74 Å². The van der Waals surface area contributed by atoms with E-state index in [1.165, 1.54) is 30.4 Å². The van der Waals surface area contributed by atoms with Crippen LogP contribution in [0.4, 0.5) is 0 Å². The van der Waals surface area contributed by atoms with E-state index in [2.05, 4.69) is 54.6 Å². The summed E-state index contributed by atoms with van der Waals surface area (Å²) in [7, 11) is -2.27. The summed E-state index contributed by atoms with van der Waals surface area (Å²) in [5, 5.41) is 0. The molecule has 0 radical (unpaired) electrons. The van der Waals surface area contributed by atoms with Crippen LogP contribution in [0.1, 0.15) is 54.1 Å². The van der Waals surface area contributed by atoms with Gasteiger partial charge in [-0.1, -0.05) is 104 Å². The Balaban J connectivity index is 0.000000410. The van der Waals surface area contributed by atoms with Crippen LogP contribution >= 0.6 is 11.8 Å². The van der Waals surface area contributed by atoms with Crippen molar-refractivity contribution in [1.29, 1.82) is 0 Å². The number of nitrogens with one attached hydrogen (secondary N) is 2. The fraction of sp³-hybridized carbons (Fsp3) is 0.226. The maximum atomic E-state index is 13.0. The molecule has 39 heavy (non-hydrogen) atoms. The molecule has 0 aromatic heterocycles. The van der Waals surface area contributed by atoms with Crippen molar-refractivity contribution in [1.82, 2.24) is 9.56 Å². The molecule has 0 bridgehead atoms. The largest absolute Gasteiger partial charge is 0.497 e. The molecule has 0 fully saturated rings. The van der Waals surface area contributed by atoms with Gasteiger partial charge in [-0.25, -0.2) is 18.0 Å². The fourth-order valence-corrected chi connectivity index (χ4v) is 5.40. The van der Waals surface area contributed by atoms with Gasteiger partial charge in [0, 0.05) is 19.5 Å². The summed E-state index contributed by atoms with van der Waals surface area (Å²) < 4.78 is 34.0. The maximum Gasteiger partial charge on any atom is 0.241 e. The zero-order chi connectivity index (χ0) is 27.5. The number of methoxy groups -OCH3 is 1. The minimum Gasteiger partial charge on any atom is -0.497 e. The van der Waals surface area contributed by atoms with Gasteiger partial charge >= 0.3 is 0 Å². The molecule has 2 N–H and O–H groups in total. The van der Waals surface area contributed by atoms with Crippen LogP contribution in [0.25, 0.3) is 0 Å². The average molecular weight is 652 g/mol. The van der Waals surface area contributed by atoms with Gasteiger partial charge in [0.15, 0.2) is 0 Å². The third kappa shape index (κ3) is 9.56. The molecule has 4 aromatic rings. The van der Waals surface area contributed by atoms with Crippen LogP contribution in [0, 0.1) is 6.92 Å². The van der Waals surface area contributed by atoms with Gasteiger partial charge in [-0.15, -0.1) is 0 Å². The van der Waals surface area contributed by atoms with E-state index in [0.717, 1.165) is 11.1 Å². The predicted octanol–water partition coefficient (Wildman–Crippen LogP) is 7.32. The van der Waals surface area contributed by atoms with Crippen LogP contribution in [-0.2, 0) is 29.5 Å². The van der Waals surface area contributed by atoms with Gasteiger partial charge in [0.25, 0.3) is 0 Å². The Kier molecular flexibility index (Phi) is 13.3. The first-order valence-corrected chi connectivity index (χ1v) is 14.3. The Bertz CT molecular complexity index is 1350. The number of benzene rings is 4. The molecule has 0 heterocycles. The summed E-state index contributed by atoms with van der Waals surface area (Å²) in [5.41, 5.74) is 4.42.